The smallest absolute Gasteiger partial charge is 0.224 e. The van der Waals surface area contributed by atoms with Crippen LogP contribution in [0.25, 0.3) is 0 Å². The van der Waals surface area contributed by atoms with Crippen molar-refractivity contribution in [1.82, 2.24) is 19.5 Å². The van der Waals surface area contributed by atoms with Crippen LogP contribution in [0.2, 0.25) is 0 Å². The summed E-state index contributed by atoms with van der Waals surface area (Å²) in [5.74, 6) is 1.59. The quantitative estimate of drug-likeness (QED) is 0.723. The van der Waals surface area contributed by atoms with Gasteiger partial charge in [-0.25, -0.2) is 9.97 Å². The molecule has 20 heavy (non-hydrogen) atoms. The number of nitrogens with one attached hydrogen (secondary N) is 2. The first kappa shape index (κ1) is 14.3. The highest BCUT2D eigenvalue weighted by Crippen LogP contribution is 2.12. The molecule has 6 nitrogen and oxygen atoms in total. The molecule has 0 spiro atoms. The topological polar surface area (TPSA) is 67.7 Å². The molecule has 0 amide bonds. The highest BCUT2D eigenvalue weighted by atomic mass is 15.1. The van der Waals surface area contributed by atoms with E-state index in [4.69, 9.17) is 0 Å². The van der Waals surface area contributed by atoms with Crippen molar-refractivity contribution in [3.63, 3.8) is 0 Å². The fourth-order valence-electron chi connectivity index (χ4n) is 1.91. The van der Waals surface area contributed by atoms with Gasteiger partial charge in [0.15, 0.2) is 0 Å². The molecule has 108 valence electrons. The SMILES string of the molecule is CCNc1ncc(C)c(NCCCCn2ccnc2)n1. The Labute approximate surface area is 119 Å². The van der Waals surface area contributed by atoms with Crippen molar-refractivity contribution in [2.75, 3.05) is 23.7 Å². The number of hydrogen-bond donors (Lipinski definition) is 2. The van der Waals surface area contributed by atoms with E-state index in [-0.39, 0.29) is 0 Å². The third kappa shape index (κ3) is 4.22. The zero-order valence-corrected chi connectivity index (χ0v) is 12.1. The first-order valence-corrected chi connectivity index (χ1v) is 7.06. The Morgan fingerprint density at radius 1 is 1.25 bits per heavy atom. The molecule has 0 aliphatic heterocycles. The molecule has 0 aliphatic rings. The molecular weight excluding hydrogens is 252 g/mol. The molecule has 2 rings (SSSR count). The van der Waals surface area contributed by atoms with E-state index in [1.165, 1.54) is 0 Å². The molecule has 0 aliphatic carbocycles. The predicted octanol–water partition coefficient (Wildman–Crippen LogP) is 2.31. The second-order valence-corrected chi connectivity index (χ2v) is 4.69. The van der Waals surface area contributed by atoms with E-state index in [1.54, 1.807) is 0 Å². The number of anilines is 2. The van der Waals surface area contributed by atoms with Crippen molar-refractivity contribution >= 4 is 11.8 Å². The summed E-state index contributed by atoms with van der Waals surface area (Å²) in [5.41, 5.74) is 1.07. The van der Waals surface area contributed by atoms with Crippen molar-refractivity contribution in [2.45, 2.75) is 33.2 Å². The molecule has 2 aromatic heterocycles. The Balaban J connectivity index is 1.74. The second kappa shape index (κ2) is 7.47. The van der Waals surface area contributed by atoms with Crippen LogP contribution in [0.3, 0.4) is 0 Å². The minimum absolute atomic E-state index is 0.680. The van der Waals surface area contributed by atoms with Gasteiger partial charge in [0.1, 0.15) is 5.82 Å². The van der Waals surface area contributed by atoms with Gasteiger partial charge in [-0.05, 0) is 26.7 Å². The van der Waals surface area contributed by atoms with Crippen LogP contribution in [0.5, 0.6) is 0 Å². The highest BCUT2D eigenvalue weighted by Gasteiger charge is 2.02. The molecule has 6 heteroatoms. The summed E-state index contributed by atoms with van der Waals surface area (Å²) >= 11 is 0. The van der Waals surface area contributed by atoms with Crippen LogP contribution in [0, 0.1) is 6.92 Å². The standard InChI is InChI=1S/C14H22N6/c1-3-16-14-18-10-12(2)13(19-14)17-6-4-5-8-20-9-7-15-11-20/h7,9-11H,3-6,8H2,1-2H3,(H2,16,17,18,19). The number of hydrogen-bond acceptors (Lipinski definition) is 5. The summed E-state index contributed by atoms with van der Waals surface area (Å²) in [6.07, 6.45) is 9.71. The molecule has 0 radical (unpaired) electrons. The van der Waals surface area contributed by atoms with Gasteiger partial charge in [0.2, 0.25) is 5.95 Å². The fourth-order valence-corrected chi connectivity index (χ4v) is 1.91. The number of aromatic nitrogens is 4. The monoisotopic (exact) mass is 274 g/mol. The van der Waals surface area contributed by atoms with Crippen LogP contribution in [-0.2, 0) is 6.54 Å². The summed E-state index contributed by atoms with van der Waals surface area (Å²) in [4.78, 5) is 12.7. The van der Waals surface area contributed by atoms with Gasteiger partial charge in [0.05, 0.1) is 6.33 Å². The van der Waals surface area contributed by atoms with Crippen LogP contribution >= 0.6 is 0 Å². The number of aryl methyl sites for hydroxylation is 2. The van der Waals surface area contributed by atoms with Gasteiger partial charge in [-0.2, -0.15) is 4.98 Å². The normalized spacial score (nSPS) is 10.5. The first-order valence-electron chi connectivity index (χ1n) is 7.06. The van der Waals surface area contributed by atoms with E-state index >= 15 is 0 Å². The van der Waals surface area contributed by atoms with E-state index in [0.29, 0.717) is 5.95 Å². The van der Waals surface area contributed by atoms with Crippen molar-refractivity contribution < 1.29 is 0 Å². The third-order valence-electron chi connectivity index (χ3n) is 3.00. The summed E-state index contributed by atoms with van der Waals surface area (Å²) < 4.78 is 2.10. The minimum Gasteiger partial charge on any atom is -0.370 e. The lowest BCUT2D eigenvalue weighted by molar-refractivity contribution is 0.620. The Bertz CT molecular complexity index is 508. The first-order chi connectivity index (χ1) is 9.79. The average Bonchev–Trinajstić information content (AvgIpc) is 2.95. The Morgan fingerprint density at radius 2 is 2.15 bits per heavy atom. The lowest BCUT2D eigenvalue weighted by Crippen LogP contribution is -2.09. The molecule has 0 saturated carbocycles. The molecule has 0 saturated heterocycles. The van der Waals surface area contributed by atoms with Crippen LogP contribution in [0.4, 0.5) is 11.8 Å². The predicted molar refractivity (Wildman–Crippen MR) is 80.9 cm³/mol. The summed E-state index contributed by atoms with van der Waals surface area (Å²) in [6, 6.07) is 0. The van der Waals surface area contributed by atoms with Crippen molar-refractivity contribution in [2.24, 2.45) is 0 Å². The van der Waals surface area contributed by atoms with Crippen molar-refractivity contribution in [1.29, 1.82) is 0 Å². The highest BCUT2D eigenvalue weighted by molar-refractivity contribution is 5.46. The number of rotatable bonds is 8. The zero-order chi connectivity index (χ0) is 14.2. The van der Waals surface area contributed by atoms with E-state index in [9.17, 15) is 0 Å². The van der Waals surface area contributed by atoms with E-state index in [0.717, 1.165) is 43.9 Å². The lowest BCUT2D eigenvalue weighted by Gasteiger charge is -2.10. The molecule has 2 heterocycles. The number of imidazole rings is 1. The summed E-state index contributed by atoms with van der Waals surface area (Å²) in [7, 11) is 0. The largest absolute Gasteiger partial charge is 0.370 e. The molecule has 0 fully saturated rings. The van der Waals surface area contributed by atoms with E-state index in [1.807, 2.05) is 38.8 Å². The van der Waals surface area contributed by atoms with Crippen LogP contribution in [0.15, 0.2) is 24.9 Å². The maximum atomic E-state index is 4.46. The minimum atomic E-state index is 0.680. The molecule has 2 N–H and O–H groups in total. The molecule has 0 aromatic carbocycles. The van der Waals surface area contributed by atoms with Gasteiger partial charge in [-0.15, -0.1) is 0 Å². The number of nitrogens with zero attached hydrogens (tertiary/aromatic N) is 4. The Morgan fingerprint density at radius 3 is 2.90 bits per heavy atom. The molecular formula is C14H22N6. The summed E-state index contributed by atoms with van der Waals surface area (Å²) in [6.45, 7) is 6.80. The average molecular weight is 274 g/mol. The van der Waals surface area contributed by atoms with Crippen LogP contribution in [0.1, 0.15) is 25.3 Å². The maximum absolute atomic E-state index is 4.46. The summed E-state index contributed by atoms with van der Waals surface area (Å²) in [5, 5.41) is 6.50. The number of unbranched alkanes of at least 4 members (excludes halogenated alkanes) is 1. The van der Waals surface area contributed by atoms with E-state index < -0.39 is 0 Å². The Kier molecular flexibility index (Phi) is 5.34. The van der Waals surface area contributed by atoms with Crippen LogP contribution in [-0.4, -0.2) is 32.6 Å². The second-order valence-electron chi connectivity index (χ2n) is 4.69. The van der Waals surface area contributed by atoms with Crippen molar-refractivity contribution in [3.05, 3.63) is 30.5 Å². The maximum Gasteiger partial charge on any atom is 0.224 e. The fraction of sp³-hybridized carbons (Fsp3) is 0.500. The third-order valence-corrected chi connectivity index (χ3v) is 3.00. The van der Waals surface area contributed by atoms with Gasteiger partial charge in [-0.1, -0.05) is 0 Å². The van der Waals surface area contributed by atoms with Gasteiger partial charge >= 0.3 is 0 Å². The van der Waals surface area contributed by atoms with Gasteiger partial charge in [-0.3, -0.25) is 0 Å². The molecule has 2 aromatic rings. The molecule has 0 unspecified atom stereocenters. The van der Waals surface area contributed by atoms with Crippen molar-refractivity contribution in [3.8, 4) is 0 Å². The zero-order valence-electron chi connectivity index (χ0n) is 12.1. The van der Waals surface area contributed by atoms with Gasteiger partial charge in [0.25, 0.3) is 0 Å². The van der Waals surface area contributed by atoms with E-state index in [2.05, 4.69) is 30.2 Å². The van der Waals surface area contributed by atoms with Crippen LogP contribution < -0.4 is 10.6 Å². The van der Waals surface area contributed by atoms with Gasteiger partial charge < -0.3 is 15.2 Å². The molecule has 0 atom stereocenters. The molecule has 0 bridgehead atoms. The lowest BCUT2D eigenvalue weighted by atomic mass is 10.3. The Hall–Kier alpha value is -2.11. The van der Waals surface area contributed by atoms with Gasteiger partial charge in [0, 0.05) is 43.8 Å².